The molecule has 7 heteroatoms. The molecule has 0 saturated heterocycles. The van der Waals surface area contributed by atoms with Crippen molar-refractivity contribution in [2.45, 2.75) is 39.5 Å². The third-order valence-electron chi connectivity index (χ3n) is 3.78. The van der Waals surface area contributed by atoms with E-state index in [2.05, 4.69) is 5.32 Å². The Morgan fingerprint density at radius 3 is 1.76 bits per heavy atom. The molecule has 1 aromatic rings. The van der Waals surface area contributed by atoms with Gasteiger partial charge >= 0.3 is 11.9 Å². The summed E-state index contributed by atoms with van der Waals surface area (Å²) in [5, 5.41) is 20.4. The summed E-state index contributed by atoms with van der Waals surface area (Å²) in [5.41, 5.74) is 2.40. The Hall–Kier alpha value is -2.41. The number of hydrogen-bond acceptors (Lipinski definition) is 4. The van der Waals surface area contributed by atoms with Crippen molar-refractivity contribution < 1.29 is 24.6 Å². The van der Waals surface area contributed by atoms with Crippen LogP contribution in [0.5, 0.6) is 0 Å². The molecule has 25 heavy (non-hydrogen) atoms. The SMILES string of the molecule is CC(C)c1cccc(C(C)C)c1C(=O)NCN(CC(=O)O)CC(=O)O. The van der Waals surface area contributed by atoms with Crippen LogP contribution in [0.1, 0.15) is 61.0 Å². The van der Waals surface area contributed by atoms with Crippen molar-refractivity contribution in [2.75, 3.05) is 19.8 Å². The molecule has 1 amide bonds. The lowest BCUT2D eigenvalue weighted by molar-refractivity contribution is -0.141. The summed E-state index contributed by atoms with van der Waals surface area (Å²) >= 11 is 0. The zero-order valence-electron chi connectivity index (χ0n) is 15.1. The third-order valence-corrected chi connectivity index (χ3v) is 3.78. The lowest BCUT2D eigenvalue weighted by atomic mass is 9.88. The molecule has 3 N–H and O–H groups in total. The van der Waals surface area contributed by atoms with Gasteiger partial charge in [0.1, 0.15) is 0 Å². The number of nitrogens with zero attached hydrogens (tertiary/aromatic N) is 1. The van der Waals surface area contributed by atoms with Crippen LogP contribution >= 0.6 is 0 Å². The number of carboxylic acid groups (broad SMARTS) is 2. The highest BCUT2D eigenvalue weighted by molar-refractivity contribution is 5.97. The maximum absolute atomic E-state index is 12.7. The Bertz CT molecular complexity index is 598. The molecule has 0 aliphatic carbocycles. The lowest BCUT2D eigenvalue weighted by Crippen LogP contribution is -2.43. The summed E-state index contributed by atoms with van der Waals surface area (Å²) < 4.78 is 0. The number of aliphatic carboxylic acids is 2. The van der Waals surface area contributed by atoms with Gasteiger partial charge in [0.05, 0.1) is 19.8 Å². The standard InChI is InChI=1S/C18H26N2O5/c1-11(2)13-6-5-7-14(12(3)4)17(13)18(25)19-10-20(8-15(21)22)9-16(23)24/h5-7,11-12H,8-10H2,1-4H3,(H,19,25)(H,21,22)(H,23,24). The topological polar surface area (TPSA) is 107 Å². The first kappa shape index (κ1) is 20.6. The number of nitrogens with one attached hydrogen (secondary N) is 1. The molecule has 0 fully saturated rings. The molecule has 0 radical (unpaired) electrons. The van der Waals surface area contributed by atoms with Gasteiger partial charge in [-0.25, -0.2) is 0 Å². The minimum atomic E-state index is -1.15. The average Bonchev–Trinajstić information content (AvgIpc) is 2.50. The van der Waals surface area contributed by atoms with Gasteiger partial charge in [-0.3, -0.25) is 19.3 Å². The molecule has 0 aromatic heterocycles. The van der Waals surface area contributed by atoms with E-state index in [4.69, 9.17) is 10.2 Å². The molecule has 0 aliphatic heterocycles. The lowest BCUT2D eigenvalue weighted by Gasteiger charge is -2.22. The monoisotopic (exact) mass is 350 g/mol. The van der Waals surface area contributed by atoms with Crippen LogP contribution in [-0.2, 0) is 9.59 Å². The highest BCUT2D eigenvalue weighted by Crippen LogP contribution is 2.27. The van der Waals surface area contributed by atoms with Gasteiger partial charge in [-0.15, -0.1) is 0 Å². The summed E-state index contributed by atoms with van der Waals surface area (Å²) in [7, 11) is 0. The quantitative estimate of drug-likeness (QED) is 0.589. The maximum Gasteiger partial charge on any atom is 0.317 e. The van der Waals surface area contributed by atoms with Gasteiger partial charge in [-0.1, -0.05) is 45.9 Å². The second-order valence-electron chi connectivity index (χ2n) is 6.56. The minimum Gasteiger partial charge on any atom is -0.480 e. The van der Waals surface area contributed by atoms with E-state index in [1.807, 2.05) is 45.9 Å². The van der Waals surface area contributed by atoms with Crippen molar-refractivity contribution in [3.8, 4) is 0 Å². The summed E-state index contributed by atoms with van der Waals surface area (Å²) in [6.45, 7) is 6.91. The summed E-state index contributed by atoms with van der Waals surface area (Å²) in [5.74, 6) is -2.34. The molecule has 0 atom stereocenters. The van der Waals surface area contributed by atoms with E-state index in [1.54, 1.807) is 0 Å². The molecule has 0 aliphatic rings. The first-order valence-electron chi connectivity index (χ1n) is 8.20. The smallest absolute Gasteiger partial charge is 0.317 e. The number of rotatable bonds is 9. The molecular weight excluding hydrogens is 324 g/mol. The van der Waals surface area contributed by atoms with Crippen molar-refractivity contribution >= 4 is 17.8 Å². The van der Waals surface area contributed by atoms with Crippen LogP contribution in [0.4, 0.5) is 0 Å². The number of carbonyl (C=O) groups is 3. The Morgan fingerprint density at radius 1 is 0.960 bits per heavy atom. The van der Waals surface area contributed by atoms with Crippen molar-refractivity contribution in [1.82, 2.24) is 10.2 Å². The second kappa shape index (κ2) is 9.17. The van der Waals surface area contributed by atoms with E-state index in [0.29, 0.717) is 5.56 Å². The maximum atomic E-state index is 12.7. The van der Waals surface area contributed by atoms with Crippen LogP contribution < -0.4 is 5.32 Å². The second-order valence-corrected chi connectivity index (χ2v) is 6.56. The molecule has 1 rings (SSSR count). The van der Waals surface area contributed by atoms with E-state index in [1.165, 1.54) is 0 Å². The first-order valence-corrected chi connectivity index (χ1v) is 8.20. The summed E-state index contributed by atoms with van der Waals surface area (Å²) in [4.78, 5) is 35.6. The fraction of sp³-hybridized carbons (Fsp3) is 0.500. The van der Waals surface area contributed by atoms with Gasteiger partial charge in [-0.2, -0.15) is 0 Å². The number of carboxylic acids is 2. The summed E-state index contributed by atoms with van der Waals surface area (Å²) in [6.07, 6.45) is 0. The molecule has 0 heterocycles. The van der Waals surface area contributed by atoms with Crippen LogP contribution in [0, 0.1) is 0 Å². The number of hydrogen-bond donors (Lipinski definition) is 3. The van der Waals surface area contributed by atoms with E-state index < -0.39 is 25.0 Å². The molecule has 0 unspecified atom stereocenters. The number of benzene rings is 1. The Labute approximate surface area is 147 Å². The molecule has 0 spiro atoms. The van der Waals surface area contributed by atoms with Gasteiger partial charge in [0, 0.05) is 5.56 Å². The van der Waals surface area contributed by atoms with Gasteiger partial charge in [0.2, 0.25) is 0 Å². The minimum absolute atomic E-state index is 0.147. The van der Waals surface area contributed by atoms with Gasteiger partial charge in [0.15, 0.2) is 0 Å². The fourth-order valence-electron chi connectivity index (χ4n) is 2.64. The van der Waals surface area contributed by atoms with Crippen molar-refractivity contribution in [3.63, 3.8) is 0 Å². The zero-order chi connectivity index (χ0) is 19.1. The van der Waals surface area contributed by atoms with Crippen LogP contribution in [0.15, 0.2) is 18.2 Å². The molecule has 0 saturated carbocycles. The van der Waals surface area contributed by atoms with Crippen molar-refractivity contribution in [2.24, 2.45) is 0 Å². The Balaban J connectivity index is 3.02. The highest BCUT2D eigenvalue weighted by atomic mass is 16.4. The van der Waals surface area contributed by atoms with E-state index in [0.717, 1.165) is 16.0 Å². The predicted molar refractivity (Wildman–Crippen MR) is 93.8 cm³/mol. The van der Waals surface area contributed by atoms with Gasteiger partial charge in [-0.05, 0) is 23.0 Å². The molecule has 7 nitrogen and oxygen atoms in total. The molecular formula is C18H26N2O5. The number of carbonyl (C=O) groups excluding carboxylic acids is 1. The van der Waals surface area contributed by atoms with Crippen LogP contribution in [0.2, 0.25) is 0 Å². The Kier molecular flexibility index (Phi) is 7.57. The largest absolute Gasteiger partial charge is 0.480 e. The number of amides is 1. The van der Waals surface area contributed by atoms with Gasteiger partial charge < -0.3 is 15.5 Å². The molecule has 138 valence electrons. The van der Waals surface area contributed by atoms with Gasteiger partial charge in [0.25, 0.3) is 5.91 Å². The van der Waals surface area contributed by atoms with Crippen LogP contribution in [0.25, 0.3) is 0 Å². The molecule has 1 aromatic carbocycles. The van der Waals surface area contributed by atoms with Crippen molar-refractivity contribution in [1.29, 1.82) is 0 Å². The fourth-order valence-corrected chi connectivity index (χ4v) is 2.64. The van der Waals surface area contributed by atoms with E-state index in [-0.39, 0.29) is 24.4 Å². The van der Waals surface area contributed by atoms with Crippen LogP contribution in [0.3, 0.4) is 0 Å². The predicted octanol–water partition coefficient (Wildman–Crippen LogP) is 2.09. The normalized spacial score (nSPS) is 11.2. The van der Waals surface area contributed by atoms with E-state index >= 15 is 0 Å². The average molecular weight is 350 g/mol. The van der Waals surface area contributed by atoms with Crippen LogP contribution in [-0.4, -0.2) is 52.7 Å². The first-order chi connectivity index (χ1) is 11.6. The summed E-state index contributed by atoms with van der Waals surface area (Å²) in [6, 6.07) is 5.72. The Morgan fingerprint density at radius 2 is 1.40 bits per heavy atom. The van der Waals surface area contributed by atoms with Crippen molar-refractivity contribution in [3.05, 3.63) is 34.9 Å². The molecule has 0 bridgehead atoms. The zero-order valence-corrected chi connectivity index (χ0v) is 15.1. The van der Waals surface area contributed by atoms with E-state index in [9.17, 15) is 14.4 Å². The highest BCUT2D eigenvalue weighted by Gasteiger charge is 2.21. The third kappa shape index (κ3) is 6.19.